The SMILES string of the molecule is O=C(N/N=C\C(Br)=C\c1ccccc1)c1cncc(Br)c1. The molecule has 0 unspecified atom stereocenters. The molecule has 6 heteroatoms. The molecule has 0 aliphatic rings. The highest BCUT2D eigenvalue weighted by Crippen LogP contribution is 2.10. The van der Waals surface area contributed by atoms with Crippen LogP contribution < -0.4 is 5.43 Å². The van der Waals surface area contributed by atoms with Crippen molar-refractivity contribution in [1.82, 2.24) is 10.4 Å². The average Bonchev–Trinajstić information content (AvgIpc) is 2.48. The molecule has 0 fully saturated rings. The number of halogens is 2. The van der Waals surface area contributed by atoms with Gasteiger partial charge in [-0.3, -0.25) is 9.78 Å². The van der Waals surface area contributed by atoms with Gasteiger partial charge in [-0.25, -0.2) is 5.43 Å². The molecule has 0 atom stereocenters. The Morgan fingerprint density at radius 3 is 2.71 bits per heavy atom. The minimum Gasteiger partial charge on any atom is -0.267 e. The summed E-state index contributed by atoms with van der Waals surface area (Å²) in [7, 11) is 0. The monoisotopic (exact) mass is 407 g/mol. The van der Waals surface area contributed by atoms with Crippen molar-refractivity contribution in [2.75, 3.05) is 0 Å². The lowest BCUT2D eigenvalue weighted by Crippen LogP contribution is -2.17. The Morgan fingerprint density at radius 2 is 2.00 bits per heavy atom. The fourth-order valence-corrected chi connectivity index (χ4v) is 2.23. The van der Waals surface area contributed by atoms with Crippen LogP contribution in [0.5, 0.6) is 0 Å². The van der Waals surface area contributed by atoms with Gasteiger partial charge in [-0.2, -0.15) is 5.10 Å². The number of nitrogens with zero attached hydrogens (tertiary/aromatic N) is 2. The Morgan fingerprint density at radius 1 is 1.24 bits per heavy atom. The van der Waals surface area contributed by atoms with Gasteiger partial charge in [0.25, 0.3) is 5.91 Å². The summed E-state index contributed by atoms with van der Waals surface area (Å²) in [4.78, 5) is 15.7. The Bertz CT molecular complexity index is 684. The van der Waals surface area contributed by atoms with Gasteiger partial charge in [-0.15, -0.1) is 0 Å². The number of hydrogen-bond acceptors (Lipinski definition) is 3. The van der Waals surface area contributed by atoms with Crippen LogP contribution in [0.15, 0.2) is 62.8 Å². The number of hydrazone groups is 1. The second-order valence-corrected chi connectivity index (χ2v) is 5.86. The van der Waals surface area contributed by atoms with Gasteiger partial charge in [-0.05, 0) is 49.6 Å². The van der Waals surface area contributed by atoms with E-state index < -0.39 is 0 Å². The van der Waals surface area contributed by atoms with E-state index in [1.165, 1.54) is 12.4 Å². The van der Waals surface area contributed by atoms with Crippen LogP contribution in [0.2, 0.25) is 0 Å². The van der Waals surface area contributed by atoms with Crippen molar-refractivity contribution in [2.45, 2.75) is 0 Å². The number of benzene rings is 1. The first-order valence-corrected chi connectivity index (χ1v) is 7.60. The van der Waals surface area contributed by atoms with Crippen molar-refractivity contribution in [3.05, 3.63) is 68.9 Å². The third-order valence-electron chi connectivity index (χ3n) is 2.43. The molecule has 0 bridgehead atoms. The van der Waals surface area contributed by atoms with Gasteiger partial charge in [0.05, 0.1) is 11.8 Å². The zero-order valence-corrected chi connectivity index (χ0v) is 14.0. The maximum atomic E-state index is 11.8. The summed E-state index contributed by atoms with van der Waals surface area (Å²) in [6, 6.07) is 11.5. The molecule has 0 spiro atoms. The second kappa shape index (κ2) is 7.85. The third-order valence-corrected chi connectivity index (χ3v) is 3.29. The van der Waals surface area contributed by atoms with Gasteiger partial charge in [-0.1, -0.05) is 30.3 Å². The van der Waals surface area contributed by atoms with Crippen LogP contribution in [0.1, 0.15) is 15.9 Å². The molecule has 0 radical (unpaired) electrons. The Kier molecular flexibility index (Phi) is 5.83. The number of rotatable bonds is 4. The van der Waals surface area contributed by atoms with E-state index in [4.69, 9.17) is 0 Å². The maximum absolute atomic E-state index is 11.8. The molecule has 1 N–H and O–H groups in total. The van der Waals surface area contributed by atoms with E-state index >= 15 is 0 Å². The molecule has 1 heterocycles. The molecule has 0 saturated heterocycles. The predicted octanol–water partition coefficient (Wildman–Crippen LogP) is 4.00. The van der Waals surface area contributed by atoms with Crippen molar-refractivity contribution in [2.24, 2.45) is 5.10 Å². The Hall–Kier alpha value is -1.79. The lowest BCUT2D eigenvalue weighted by molar-refractivity contribution is 0.0954. The van der Waals surface area contributed by atoms with Crippen molar-refractivity contribution in [3.8, 4) is 0 Å². The molecule has 4 nitrogen and oxygen atoms in total. The quantitative estimate of drug-likeness (QED) is 0.614. The summed E-state index contributed by atoms with van der Waals surface area (Å²) < 4.78 is 1.49. The first-order chi connectivity index (χ1) is 10.1. The van der Waals surface area contributed by atoms with E-state index in [0.717, 1.165) is 14.5 Å². The summed E-state index contributed by atoms with van der Waals surface area (Å²) in [6.45, 7) is 0. The maximum Gasteiger partial charge on any atom is 0.272 e. The summed E-state index contributed by atoms with van der Waals surface area (Å²) in [5.41, 5.74) is 3.92. The number of hydrogen-bond donors (Lipinski definition) is 1. The number of carbonyl (C=O) groups excluding carboxylic acids is 1. The van der Waals surface area contributed by atoms with Crippen molar-refractivity contribution in [1.29, 1.82) is 0 Å². The fraction of sp³-hybridized carbons (Fsp3) is 0. The van der Waals surface area contributed by atoms with E-state index in [1.54, 1.807) is 12.3 Å². The Labute approximate surface area is 139 Å². The van der Waals surface area contributed by atoms with Crippen LogP contribution in [0, 0.1) is 0 Å². The third kappa shape index (κ3) is 5.24. The van der Waals surface area contributed by atoms with Crippen LogP contribution >= 0.6 is 31.9 Å². The van der Waals surface area contributed by atoms with Gasteiger partial charge >= 0.3 is 0 Å². The first kappa shape index (κ1) is 15.6. The number of pyridine rings is 1. The number of allylic oxidation sites excluding steroid dienone is 1. The van der Waals surface area contributed by atoms with Gasteiger partial charge < -0.3 is 0 Å². The first-order valence-electron chi connectivity index (χ1n) is 6.01. The lowest BCUT2D eigenvalue weighted by atomic mass is 10.2. The highest BCUT2D eigenvalue weighted by molar-refractivity contribution is 9.12. The van der Waals surface area contributed by atoms with Crippen molar-refractivity contribution in [3.63, 3.8) is 0 Å². The van der Waals surface area contributed by atoms with Gasteiger partial charge in [0.15, 0.2) is 0 Å². The largest absolute Gasteiger partial charge is 0.272 e. The molecular weight excluding hydrogens is 398 g/mol. The molecule has 1 aromatic carbocycles. The second-order valence-electron chi connectivity index (χ2n) is 4.03. The average molecular weight is 409 g/mol. The summed E-state index contributed by atoms with van der Waals surface area (Å²) in [5, 5.41) is 3.89. The standard InChI is InChI=1S/C15H11Br2N3O/c16-13(6-11-4-2-1-3-5-11)10-19-20-15(21)12-7-14(17)9-18-8-12/h1-10H,(H,20,21)/b13-6-,19-10-. The highest BCUT2D eigenvalue weighted by Gasteiger charge is 2.04. The summed E-state index contributed by atoms with van der Waals surface area (Å²) in [5.74, 6) is -0.319. The molecule has 0 saturated carbocycles. The van der Waals surface area contributed by atoms with Crippen LogP contribution in [-0.4, -0.2) is 17.1 Å². The number of carbonyl (C=O) groups is 1. The predicted molar refractivity (Wildman–Crippen MR) is 91.2 cm³/mol. The summed E-state index contributed by atoms with van der Waals surface area (Å²) >= 11 is 6.63. The van der Waals surface area contributed by atoms with Crippen LogP contribution in [-0.2, 0) is 0 Å². The minimum atomic E-state index is -0.319. The van der Waals surface area contributed by atoms with Crippen LogP contribution in [0.25, 0.3) is 6.08 Å². The molecular formula is C15H11Br2N3O. The van der Waals surface area contributed by atoms with Crippen LogP contribution in [0.3, 0.4) is 0 Å². The number of amides is 1. The van der Waals surface area contributed by atoms with Gasteiger partial charge in [0.1, 0.15) is 0 Å². The highest BCUT2D eigenvalue weighted by atomic mass is 79.9. The van der Waals surface area contributed by atoms with Crippen molar-refractivity contribution >= 4 is 50.1 Å². The molecule has 21 heavy (non-hydrogen) atoms. The summed E-state index contributed by atoms with van der Waals surface area (Å²) in [6.07, 6.45) is 6.51. The number of nitrogens with one attached hydrogen (secondary N) is 1. The van der Waals surface area contributed by atoms with E-state index in [-0.39, 0.29) is 5.91 Å². The van der Waals surface area contributed by atoms with Gasteiger partial charge in [0.2, 0.25) is 0 Å². The van der Waals surface area contributed by atoms with Crippen molar-refractivity contribution < 1.29 is 4.79 Å². The molecule has 0 aliphatic heterocycles. The number of aromatic nitrogens is 1. The fourth-order valence-electron chi connectivity index (χ4n) is 1.50. The normalized spacial score (nSPS) is 11.6. The topological polar surface area (TPSA) is 54.4 Å². The Balaban J connectivity index is 1.96. The zero-order valence-electron chi connectivity index (χ0n) is 10.8. The van der Waals surface area contributed by atoms with Crippen LogP contribution in [0.4, 0.5) is 0 Å². The van der Waals surface area contributed by atoms with E-state index in [1.807, 2.05) is 36.4 Å². The minimum absolute atomic E-state index is 0.319. The molecule has 1 aromatic heterocycles. The molecule has 2 rings (SSSR count). The van der Waals surface area contributed by atoms with E-state index in [9.17, 15) is 4.79 Å². The zero-order chi connectivity index (χ0) is 15.1. The van der Waals surface area contributed by atoms with Gasteiger partial charge in [0, 0.05) is 21.3 Å². The van der Waals surface area contributed by atoms with E-state index in [2.05, 4.69) is 47.4 Å². The molecule has 0 aliphatic carbocycles. The molecule has 106 valence electrons. The molecule has 1 amide bonds. The van der Waals surface area contributed by atoms with E-state index in [0.29, 0.717) is 5.56 Å². The molecule has 2 aromatic rings. The smallest absolute Gasteiger partial charge is 0.267 e. The lowest BCUT2D eigenvalue weighted by Gasteiger charge is -1.99.